The molecule has 0 radical (unpaired) electrons. The van der Waals surface area contributed by atoms with Crippen LogP contribution in [0.4, 0.5) is 0 Å². The summed E-state index contributed by atoms with van der Waals surface area (Å²) in [5, 5.41) is 2.90. The van der Waals surface area contributed by atoms with Crippen molar-refractivity contribution in [1.29, 1.82) is 0 Å². The van der Waals surface area contributed by atoms with E-state index in [4.69, 9.17) is 9.15 Å². The fourth-order valence-corrected chi connectivity index (χ4v) is 3.15. The molecule has 4 aromatic rings. The Morgan fingerprint density at radius 2 is 1.76 bits per heavy atom. The fourth-order valence-electron chi connectivity index (χ4n) is 3.15. The Morgan fingerprint density at radius 1 is 1.00 bits per heavy atom. The number of amides is 1. The number of nitrogens with one attached hydrogen (secondary N) is 1. The van der Waals surface area contributed by atoms with E-state index < -0.39 is 5.76 Å². The number of benzene rings is 3. The van der Waals surface area contributed by atoms with Crippen molar-refractivity contribution in [1.82, 2.24) is 9.88 Å². The number of hydrogen-bond donors (Lipinski definition) is 1. The van der Waals surface area contributed by atoms with Crippen LogP contribution < -0.4 is 15.8 Å². The van der Waals surface area contributed by atoms with Crippen molar-refractivity contribution in [2.24, 2.45) is 0 Å². The molecule has 1 N–H and O–H groups in total. The maximum Gasteiger partial charge on any atom is 0.420 e. The summed E-state index contributed by atoms with van der Waals surface area (Å²) in [5.74, 6) is 0.101. The van der Waals surface area contributed by atoms with E-state index in [-0.39, 0.29) is 5.91 Å². The van der Waals surface area contributed by atoms with Crippen molar-refractivity contribution >= 4 is 17.0 Å². The third-order valence-corrected chi connectivity index (χ3v) is 4.73. The zero-order valence-electron chi connectivity index (χ0n) is 15.9. The van der Waals surface area contributed by atoms with E-state index in [9.17, 15) is 9.59 Å². The van der Waals surface area contributed by atoms with Crippen LogP contribution in [0.3, 0.4) is 0 Å². The Hall–Kier alpha value is -3.80. The first-order valence-corrected chi connectivity index (χ1v) is 9.22. The second-order valence-electron chi connectivity index (χ2n) is 6.65. The van der Waals surface area contributed by atoms with Crippen LogP contribution in [0.1, 0.15) is 21.5 Å². The van der Waals surface area contributed by atoms with E-state index in [2.05, 4.69) is 5.32 Å². The average Bonchev–Trinajstić information content (AvgIpc) is 3.07. The molecule has 3 aromatic carbocycles. The van der Waals surface area contributed by atoms with Gasteiger partial charge < -0.3 is 14.5 Å². The van der Waals surface area contributed by atoms with Gasteiger partial charge >= 0.3 is 5.76 Å². The van der Waals surface area contributed by atoms with Crippen LogP contribution >= 0.6 is 0 Å². The number of aromatic nitrogens is 1. The molecule has 4 rings (SSSR count). The minimum atomic E-state index is -0.445. The van der Waals surface area contributed by atoms with E-state index in [0.29, 0.717) is 29.8 Å². The Labute approximate surface area is 167 Å². The van der Waals surface area contributed by atoms with Gasteiger partial charge in [-0.2, -0.15) is 0 Å². The van der Waals surface area contributed by atoms with Crippen molar-refractivity contribution in [3.63, 3.8) is 0 Å². The van der Waals surface area contributed by atoms with Crippen molar-refractivity contribution in [2.45, 2.75) is 13.1 Å². The van der Waals surface area contributed by atoms with Gasteiger partial charge in [-0.05, 0) is 41.5 Å². The quantitative estimate of drug-likeness (QED) is 0.548. The second-order valence-corrected chi connectivity index (χ2v) is 6.65. The Morgan fingerprint density at radius 3 is 2.48 bits per heavy atom. The van der Waals surface area contributed by atoms with E-state index in [1.54, 1.807) is 25.3 Å². The average molecular weight is 388 g/mol. The molecule has 0 aliphatic rings. The van der Waals surface area contributed by atoms with Gasteiger partial charge in [0.1, 0.15) is 5.75 Å². The third-order valence-electron chi connectivity index (χ3n) is 4.73. The number of carbonyl (C=O) groups is 1. The van der Waals surface area contributed by atoms with Crippen molar-refractivity contribution < 1.29 is 13.9 Å². The van der Waals surface area contributed by atoms with Gasteiger partial charge in [-0.25, -0.2) is 4.79 Å². The normalized spacial score (nSPS) is 10.8. The molecule has 1 amide bonds. The van der Waals surface area contributed by atoms with Gasteiger partial charge in [0.2, 0.25) is 0 Å². The predicted molar refractivity (Wildman–Crippen MR) is 110 cm³/mol. The SMILES string of the molecule is COc1ccc(CNC(=O)c2ccc3oc(=O)n(Cc4ccccc4)c3c2)cc1. The number of hydrogen-bond acceptors (Lipinski definition) is 4. The maximum atomic E-state index is 12.6. The number of nitrogens with zero attached hydrogens (tertiary/aromatic N) is 1. The summed E-state index contributed by atoms with van der Waals surface area (Å²) in [5.41, 5.74) is 3.46. The monoisotopic (exact) mass is 388 g/mol. The molecule has 146 valence electrons. The highest BCUT2D eigenvalue weighted by atomic mass is 16.5. The van der Waals surface area contributed by atoms with Crippen LogP contribution in [0.5, 0.6) is 5.75 Å². The van der Waals surface area contributed by atoms with Gasteiger partial charge in [0, 0.05) is 12.1 Å². The minimum absolute atomic E-state index is 0.220. The van der Waals surface area contributed by atoms with Crippen LogP contribution in [0.15, 0.2) is 82.0 Å². The highest BCUT2D eigenvalue weighted by Crippen LogP contribution is 2.17. The largest absolute Gasteiger partial charge is 0.497 e. The number of methoxy groups -OCH3 is 1. The van der Waals surface area contributed by atoms with E-state index >= 15 is 0 Å². The number of oxazole rings is 1. The molecule has 0 saturated heterocycles. The summed E-state index contributed by atoms with van der Waals surface area (Å²) in [7, 11) is 1.61. The van der Waals surface area contributed by atoms with Crippen LogP contribution in [0, 0.1) is 0 Å². The summed E-state index contributed by atoms with van der Waals surface area (Å²) in [6.45, 7) is 0.771. The standard InChI is InChI=1S/C23H20N2O4/c1-28-19-10-7-16(8-11-19)14-24-22(26)18-9-12-21-20(13-18)25(23(27)29-21)15-17-5-3-2-4-6-17/h2-13H,14-15H2,1H3,(H,24,26). The summed E-state index contributed by atoms with van der Waals surface area (Å²) < 4.78 is 12.0. The minimum Gasteiger partial charge on any atom is -0.497 e. The van der Waals surface area contributed by atoms with E-state index in [1.807, 2.05) is 54.6 Å². The maximum absolute atomic E-state index is 12.6. The summed E-state index contributed by atoms with van der Waals surface area (Å²) in [6, 6.07) is 22.1. The summed E-state index contributed by atoms with van der Waals surface area (Å²) in [4.78, 5) is 24.9. The lowest BCUT2D eigenvalue weighted by Crippen LogP contribution is -2.23. The van der Waals surface area contributed by atoms with Gasteiger partial charge in [0.05, 0.1) is 19.2 Å². The smallest absolute Gasteiger partial charge is 0.420 e. The van der Waals surface area contributed by atoms with Crippen LogP contribution in [-0.4, -0.2) is 17.6 Å². The molecule has 0 fully saturated rings. The molecule has 0 atom stereocenters. The number of fused-ring (bicyclic) bond motifs is 1. The molecular weight excluding hydrogens is 368 g/mol. The van der Waals surface area contributed by atoms with Gasteiger partial charge in [-0.15, -0.1) is 0 Å². The molecule has 29 heavy (non-hydrogen) atoms. The zero-order chi connectivity index (χ0) is 20.2. The number of ether oxygens (including phenoxy) is 1. The molecule has 0 aliphatic heterocycles. The molecule has 0 spiro atoms. The second kappa shape index (κ2) is 8.06. The topological polar surface area (TPSA) is 73.5 Å². The van der Waals surface area contributed by atoms with Crippen molar-refractivity contribution in [2.75, 3.05) is 7.11 Å². The molecule has 0 unspecified atom stereocenters. The van der Waals surface area contributed by atoms with Gasteiger partial charge in [0.15, 0.2) is 5.58 Å². The first-order chi connectivity index (χ1) is 14.1. The zero-order valence-corrected chi connectivity index (χ0v) is 15.9. The first-order valence-electron chi connectivity index (χ1n) is 9.22. The molecule has 0 aliphatic carbocycles. The summed E-state index contributed by atoms with van der Waals surface area (Å²) in [6.07, 6.45) is 0. The lowest BCUT2D eigenvalue weighted by atomic mass is 10.1. The van der Waals surface area contributed by atoms with Gasteiger partial charge in [0.25, 0.3) is 5.91 Å². The molecule has 1 aromatic heterocycles. The molecular formula is C23H20N2O4. The fraction of sp³-hybridized carbons (Fsp3) is 0.130. The Bertz CT molecular complexity index is 1190. The van der Waals surface area contributed by atoms with Crippen LogP contribution in [-0.2, 0) is 13.1 Å². The predicted octanol–water partition coefficient (Wildman–Crippen LogP) is 3.58. The third kappa shape index (κ3) is 4.06. The lowest BCUT2D eigenvalue weighted by molar-refractivity contribution is 0.0951. The van der Waals surface area contributed by atoms with Gasteiger partial charge in [-0.1, -0.05) is 42.5 Å². The number of rotatable bonds is 6. The molecule has 6 nitrogen and oxygen atoms in total. The molecule has 0 saturated carbocycles. The van der Waals surface area contributed by atoms with E-state index in [0.717, 1.165) is 16.9 Å². The number of carbonyl (C=O) groups excluding carboxylic acids is 1. The van der Waals surface area contributed by atoms with Crippen LogP contribution in [0.25, 0.3) is 11.1 Å². The Balaban J connectivity index is 1.55. The molecule has 0 bridgehead atoms. The Kier molecular flexibility index (Phi) is 5.16. The first kappa shape index (κ1) is 18.6. The van der Waals surface area contributed by atoms with Gasteiger partial charge in [-0.3, -0.25) is 9.36 Å². The summed E-state index contributed by atoms with van der Waals surface area (Å²) >= 11 is 0. The highest BCUT2D eigenvalue weighted by Gasteiger charge is 2.13. The van der Waals surface area contributed by atoms with E-state index in [1.165, 1.54) is 4.57 Å². The van der Waals surface area contributed by atoms with Crippen LogP contribution in [0.2, 0.25) is 0 Å². The lowest BCUT2D eigenvalue weighted by Gasteiger charge is -2.07. The van der Waals surface area contributed by atoms with Crippen molar-refractivity contribution in [3.8, 4) is 5.75 Å². The highest BCUT2D eigenvalue weighted by molar-refractivity contribution is 5.97. The molecule has 1 heterocycles. The van der Waals surface area contributed by atoms with Crippen molar-refractivity contribution in [3.05, 3.63) is 100 Å². The molecule has 6 heteroatoms.